The average Bonchev–Trinajstić information content (AvgIpc) is 3.29. The third-order valence-corrected chi connectivity index (χ3v) is 6.05. The molecule has 1 atom stereocenters. The molecule has 0 bridgehead atoms. The number of amides is 1. The minimum atomic E-state index is -4.89. The number of carbonyl (C=O) groups is 1. The number of H-pyrrole nitrogens is 1. The first-order valence-electron chi connectivity index (χ1n) is 11.5. The van der Waals surface area contributed by atoms with Crippen LogP contribution in [0, 0.1) is 0 Å². The van der Waals surface area contributed by atoms with E-state index in [1.807, 2.05) is 0 Å². The summed E-state index contributed by atoms with van der Waals surface area (Å²) in [6.45, 7) is 0.687. The fourth-order valence-corrected chi connectivity index (χ4v) is 4.12. The van der Waals surface area contributed by atoms with Crippen LogP contribution in [0.15, 0.2) is 28.5 Å². The number of hydrogen-bond donors (Lipinski definition) is 2. The maximum Gasteiger partial charge on any atom is 0.423 e. The van der Waals surface area contributed by atoms with Crippen molar-refractivity contribution in [2.24, 2.45) is 5.16 Å². The molecule has 3 heterocycles. The molecule has 2 aromatic rings. The van der Waals surface area contributed by atoms with E-state index in [-0.39, 0.29) is 24.9 Å². The molecule has 206 valence electrons. The molecule has 38 heavy (non-hydrogen) atoms. The van der Waals surface area contributed by atoms with Crippen molar-refractivity contribution in [2.45, 2.75) is 37.7 Å². The fraction of sp³-hybridized carbons (Fsp3) is 0.524. The number of hydrogen-bond acceptors (Lipinski definition) is 9. The van der Waals surface area contributed by atoms with Crippen LogP contribution in [-0.4, -0.2) is 75.5 Å². The first kappa shape index (κ1) is 27.1. The van der Waals surface area contributed by atoms with Gasteiger partial charge in [0.1, 0.15) is 5.56 Å². The lowest BCUT2D eigenvalue weighted by Crippen LogP contribution is -2.50. The lowest BCUT2D eigenvalue weighted by atomic mass is 10.2. The Kier molecular flexibility index (Phi) is 7.73. The Labute approximate surface area is 210 Å². The van der Waals surface area contributed by atoms with Crippen molar-refractivity contribution < 1.29 is 36.0 Å². The third kappa shape index (κ3) is 6.31. The Morgan fingerprint density at radius 1 is 1.08 bits per heavy atom. The second-order valence-electron chi connectivity index (χ2n) is 8.57. The van der Waals surface area contributed by atoms with E-state index >= 15 is 0 Å². The number of carbonyl (C=O) groups excluding carboxylic acids is 1. The van der Waals surface area contributed by atoms with Crippen molar-refractivity contribution in [1.29, 1.82) is 0 Å². The minimum Gasteiger partial charge on any atom is -0.386 e. The number of oxime groups is 1. The van der Waals surface area contributed by atoms with Crippen LogP contribution >= 0.6 is 0 Å². The molecule has 1 amide bonds. The molecule has 2 aliphatic rings. The molecular weight excluding hydrogens is 526 g/mol. The van der Waals surface area contributed by atoms with Gasteiger partial charge >= 0.3 is 12.4 Å². The molecule has 4 rings (SSSR count). The quantitative estimate of drug-likeness (QED) is 0.416. The minimum absolute atomic E-state index is 0.122. The summed E-state index contributed by atoms with van der Waals surface area (Å²) in [5.74, 6) is -0.264. The molecule has 2 N–H and O–H groups in total. The number of piperazine rings is 1. The summed E-state index contributed by atoms with van der Waals surface area (Å²) in [5, 5.41) is 11.8. The van der Waals surface area contributed by atoms with Crippen LogP contribution in [0.25, 0.3) is 0 Å². The van der Waals surface area contributed by atoms with Gasteiger partial charge in [-0.25, -0.2) is 15.1 Å². The molecule has 11 nitrogen and oxygen atoms in total. The Hall–Kier alpha value is -3.92. The first-order valence-corrected chi connectivity index (χ1v) is 11.5. The van der Waals surface area contributed by atoms with E-state index in [4.69, 9.17) is 4.84 Å². The molecule has 1 aliphatic heterocycles. The summed E-state index contributed by atoms with van der Waals surface area (Å²) in [6, 6.07) is -0.637. The Bertz CT molecular complexity index is 1220. The van der Waals surface area contributed by atoms with E-state index in [9.17, 15) is 35.9 Å². The Balaban J connectivity index is 1.29. The highest BCUT2D eigenvalue weighted by atomic mass is 19.4. The summed E-state index contributed by atoms with van der Waals surface area (Å²) in [4.78, 5) is 40.0. The van der Waals surface area contributed by atoms with E-state index in [0.29, 0.717) is 50.5 Å². The summed E-state index contributed by atoms with van der Waals surface area (Å²) in [5.41, 5.74) is -3.80. The number of rotatable bonds is 6. The maximum absolute atomic E-state index is 13.3. The zero-order valence-corrected chi connectivity index (χ0v) is 19.6. The molecular formula is C21H22F6N8O3. The number of nitrogens with one attached hydrogen (secondary N) is 2. The summed E-state index contributed by atoms with van der Waals surface area (Å²) >= 11 is 0. The van der Waals surface area contributed by atoms with Gasteiger partial charge in [0.25, 0.3) is 11.5 Å². The molecule has 17 heteroatoms. The van der Waals surface area contributed by atoms with Crippen molar-refractivity contribution in [3.8, 4) is 0 Å². The molecule has 0 spiro atoms. The van der Waals surface area contributed by atoms with Crippen LogP contribution in [0.3, 0.4) is 0 Å². The SMILES string of the molecule is O=C(CO/N=C1\CCC[C@@H]1Nc1cn[nH]c(=O)c1C(F)(F)F)N1CCN(c2ncc(C(F)(F)F)cn2)CC1. The van der Waals surface area contributed by atoms with Crippen LogP contribution < -0.4 is 15.8 Å². The van der Waals surface area contributed by atoms with Crippen molar-refractivity contribution in [3.63, 3.8) is 0 Å². The highest BCUT2D eigenvalue weighted by molar-refractivity contribution is 5.93. The van der Waals surface area contributed by atoms with Crippen LogP contribution in [0.5, 0.6) is 0 Å². The van der Waals surface area contributed by atoms with Gasteiger partial charge in [-0.05, 0) is 19.3 Å². The highest BCUT2D eigenvalue weighted by Gasteiger charge is 2.38. The summed E-state index contributed by atoms with van der Waals surface area (Å²) in [6.07, 6.45) is -5.67. The highest BCUT2D eigenvalue weighted by Crippen LogP contribution is 2.33. The predicted octanol–water partition coefficient (Wildman–Crippen LogP) is 2.28. The number of alkyl halides is 6. The number of anilines is 2. The molecule has 0 unspecified atom stereocenters. The lowest BCUT2D eigenvalue weighted by molar-refractivity contribution is -0.139. The third-order valence-electron chi connectivity index (χ3n) is 6.05. The fourth-order valence-electron chi connectivity index (χ4n) is 4.12. The summed E-state index contributed by atoms with van der Waals surface area (Å²) < 4.78 is 77.9. The number of nitrogens with zero attached hydrogens (tertiary/aromatic N) is 6. The first-order chi connectivity index (χ1) is 17.9. The monoisotopic (exact) mass is 548 g/mol. The molecule has 1 saturated carbocycles. The maximum atomic E-state index is 13.3. The normalized spacial score (nSPS) is 19.6. The molecule has 0 radical (unpaired) electrons. The predicted molar refractivity (Wildman–Crippen MR) is 120 cm³/mol. The van der Waals surface area contributed by atoms with Crippen molar-refractivity contribution >= 4 is 23.3 Å². The van der Waals surface area contributed by atoms with Gasteiger partial charge in [0, 0.05) is 38.6 Å². The van der Waals surface area contributed by atoms with Gasteiger partial charge < -0.3 is 20.0 Å². The van der Waals surface area contributed by atoms with Gasteiger partial charge in [-0.1, -0.05) is 5.16 Å². The van der Waals surface area contributed by atoms with Gasteiger partial charge in [0.15, 0.2) is 6.61 Å². The van der Waals surface area contributed by atoms with Crippen molar-refractivity contribution in [3.05, 3.63) is 40.1 Å². The van der Waals surface area contributed by atoms with E-state index in [2.05, 4.69) is 25.5 Å². The zero-order chi connectivity index (χ0) is 27.5. The molecule has 1 saturated heterocycles. The second kappa shape index (κ2) is 10.8. The standard InChI is InChI=1S/C21H22F6N8O3/c22-20(23,24)12-8-28-19(29-9-12)35-6-4-34(5-7-35)16(36)11-38-33-14-3-1-2-13(14)31-15-10-30-32-18(37)17(15)21(25,26)27/h8-10,13H,1-7,11H2,(H2,31,32,37)/b33-14+/t13-/m0/s1. The van der Waals surface area contributed by atoms with E-state index in [1.165, 1.54) is 4.90 Å². The van der Waals surface area contributed by atoms with E-state index < -0.39 is 47.4 Å². The number of halogens is 6. The van der Waals surface area contributed by atoms with Crippen LogP contribution in [0.4, 0.5) is 38.0 Å². The van der Waals surface area contributed by atoms with Gasteiger partial charge in [-0.15, -0.1) is 0 Å². The largest absolute Gasteiger partial charge is 0.423 e. The number of aromatic nitrogens is 4. The average molecular weight is 548 g/mol. The summed E-state index contributed by atoms with van der Waals surface area (Å²) in [7, 11) is 0. The van der Waals surface area contributed by atoms with Gasteiger partial charge in [-0.3, -0.25) is 9.59 Å². The molecule has 2 aromatic heterocycles. The van der Waals surface area contributed by atoms with Gasteiger partial charge in [-0.2, -0.15) is 31.4 Å². The Morgan fingerprint density at radius 3 is 2.39 bits per heavy atom. The van der Waals surface area contributed by atoms with E-state index in [0.717, 1.165) is 6.20 Å². The van der Waals surface area contributed by atoms with Crippen LogP contribution in [0.2, 0.25) is 0 Å². The Morgan fingerprint density at radius 2 is 1.76 bits per heavy atom. The molecule has 0 aromatic carbocycles. The van der Waals surface area contributed by atoms with Gasteiger partial charge in [0.2, 0.25) is 5.95 Å². The lowest BCUT2D eigenvalue weighted by Gasteiger charge is -2.34. The van der Waals surface area contributed by atoms with Crippen LogP contribution in [0.1, 0.15) is 30.4 Å². The molecule has 1 aliphatic carbocycles. The second-order valence-corrected chi connectivity index (χ2v) is 8.57. The molecule has 2 fully saturated rings. The zero-order valence-electron chi connectivity index (χ0n) is 19.6. The smallest absolute Gasteiger partial charge is 0.386 e. The van der Waals surface area contributed by atoms with Crippen LogP contribution in [-0.2, 0) is 22.0 Å². The number of aromatic amines is 1. The van der Waals surface area contributed by atoms with Crippen molar-refractivity contribution in [1.82, 2.24) is 25.1 Å². The topological polar surface area (TPSA) is 129 Å². The van der Waals surface area contributed by atoms with E-state index in [1.54, 1.807) is 10.00 Å². The van der Waals surface area contributed by atoms with Crippen molar-refractivity contribution in [2.75, 3.05) is 43.0 Å². The van der Waals surface area contributed by atoms with Gasteiger partial charge in [0.05, 0.1) is 29.2 Å².